The van der Waals surface area contributed by atoms with Crippen molar-refractivity contribution in [3.63, 3.8) is 0 Å². The highest BCUT2D eigenvalue weighted by Gasteiger charge is 2.34. The van der Waals surface area contributed by atoms with E-state index in [0.29, 0.717) is 28.8 Å². The number of aryl methyl sites for hydroxylation is 2. The van der Waals surface area contributed by atoms with Gasteiger partial charge >= 0.3 is 0 Å². The minimum absolute atomic E-state index is 0.149. The smallest absolute Gasteiger partial charge is 0.264 e. The van der Waals surface area contributed by atoms with Crippen LogP contribution in [-0.4, -0.2) is 19.1 Å². The summed E-state index contributed by atoms with van der Waals surface area (Å²) in [6, 6.07) is 3.48. The van der Waals surface area contributed by atoms with E-state index >= 15 is 0 Å². The second kappa shape index (κ2) is 3.49. The predicted octanol–water partition coefficient (Wildman–Crippen LogP) is 1.78. The highest BCUT2D eigenvalue weighted by molar-refractivity contribution is 6.04. The molecule has 0 bridgehead atoms. The van der Waals surface area contributed by atoms with Crippen LogP contribution in [0.25, 0.3) is 33.5 Å². The van der Waals surface area contributed by atoms with Crippen molar-refractivity contribution in [2.24, 2.45) is 14.0 Å². The van der Waals surface area contributed by atoms with Gasteiger partial charge in [0.2, 0.25) is 5.82 Å². The molecule has 4 aromatic rings. The number of fused-ring (bicyclic) bond motifs is 7. The molecule has 0 spiro atoms. The van der Waals surface area contributed by atoms with E-state index < -0.39 is 14.0 Å². The summed E-state index contributed by atoms with van der Waals surface area (Å²) in [4.78, 5) is 8.18. The molecule has 0 saturated carbocycles. The van der Waals surface area contributed by atoms with Crippen molar-refractivity contribution in [2.45, 2.75) is 6.54 Å². The molecule has 21 heavy (non-hydrogen) atoms. The molecule has 0 aliphatic carbocycles. The van der Waals surface area contributed by atoms with Crippen LogP contribution in [0.4, 0.5) is 0 Å². The summed E-state index contributed by atoms with van der Waals surface area (Å²) in [7, 11) is 0. The molecule has 0 atom stereocenters. The zero-order valence-corrected chi connectivity index (χ0v) is 10.9. The molecule has 1 aliphatic rings. The lowest BCUT2D eigenvalue weighted by Gasteiger charge is -1.98. The molecular weight excluding hydrogens is 262 g/mol. The Hall–Kier alpha value is -2.69. The molecule has 0 aromatic carbocycles. The predicted molar refractivity (Wildman–Crippen MR) is 79.7 cm³/mol. The molecule has 0 saturated heterocycles. The Balaban J connectivity index is 2.07. The van der Waals surface area contributed by atoms with Crippen LogP contribution in [0.5, 0.6) is 0 Å². The van der Waals surface area contributed by atoms with Crippen molar-refractivity contribution in [1.82, 2.24) is 19.1 Å². The summed E-state index contributed by atoms with van der Waals surface area (Å²) in [6.07, 6.45) is 6.36. The monoisotopic (exact) mass is 282 g/mol. The summed E-state index contributed by atoms with van der Waals surface area (Å²) >= 11 is 0. The van der Waals surface area contributed by atoms with E-state index in [1.54, 1.807) is 30.7 Å². The molecule has 0 radical (unpaired) electrons. The van der Waals surface area contributed by atoms with Gasteiger partial charge < -0.3 is 0 Å². The second-order valence-electron chi connectivity index (χ2n) is 5.18. The van der Waals surface area contributed by atoms with E-state index in [1.807, 2.05) is 4.57 Å². The molecular formula is C16H14N5+. The first-order valence-electron chi connectivity index (χ1n) is 9.56. The van der Waals surface area contributed by atoms with Crippen LogP contribution in [0.3, 0.4) is 0 Å². The lowest BCUT2D eigenvalue weighted by Crippen LogP contribution is -2.31. The summed E-state index contributed by atoms with van der Waals surface area (Å²) in [5.74, 6) is 0.467. The van der Waals surface area contributed by atoms with Crippen molar-refractivity contribution < 1.29 is 12.8 Å². The third-order valence-corrected chi connectivity index (χ3v) is 4.14. The zero-order chi connectivity index (χ0) is 19.1. The first kappa shape index (κ1) is 6.85. The zero-order valence-electron chi connectivity index (χ0n) is 16.9. The third kappa shape index (κ3) is 1.15. The SMILES string of the molecule is [2H]C([2H])([2H])n1c2cnccc2c2c1[n+](C([2H])([2H])[2H])c1n2Cc2cnccc2-1. The fraction of sp³-hybridized carbons (Fsp3) is 0.188. The van der Waals surface area contributed by atoms with Crippen LogP contribution in [0.15, 0.2) is 36.9 Å². The van der Waals surface area contributed by atoms with E-state index in [2.05, 4.69) is 9.97 Å². The third-order valence-electron chi connectivity index (χ3n) is 4.14. The molecule has 1 aliphatic heterocycles. The van der Waals surface area contributed by atoms with Crippen molar-refractivity contribution in [1.29, 1.82) is 0 Å². The lowest BCUT2D eigenvalue weighted by atomic mass is 10.2. The molecule has 0 fully saturated rings. The topological polar surface area (TPSA) is 39.5 Å². The van der Waals surface area contributed by atoms with Crippen molar-refractivity contribution in [3.8, 4) is 11.4 Å². The maximum Gasteiger partial charge on any atom is 0.269 e. The molecule has 5 rings (SSSR count). The van der Waals surface area contributed by atoms with Crippen molar-refractivity contribution in [3.05, 3.63) is 42.5 Å². The Morgan fingerprint density at radius 1 is 1.24 bits per heavy atom. The molecule has 5 nitrogen and oxygen atoms in total. The average Bonchev–Trinajstić information content (AvgIpc) is 3.18. The maximum atomic E-state index is 8.11. The van der Waals surface area contributed by atoms with E-state index in [1.165, 1.54) is 6.20 Å². The largest absolute Gasteiger partial charge is 0.269 e. The highest BCUT2D eigenvalue weighted by Crippen LogP contribution is 2.36. The van der Waals surface area contributed by atoms with Crippen molar-refractivity contribution >= 4 is 22.1 Å². The molecule has 0 unspecified atom stereocenters. The lowest BCUT2D eigenvalue weighted by molar-refractivity contribution is -0.636. The van der Waals surface area contributed by atoms with Crippen LogP contribution >= 0.6 is 0 Å². The molecule has 0 N–H and O–H groups in total. The van der Waals surface area contributed by atoms with Crippen LogP contribution in [-0.2, 0) is 20.5 Å². The number of aromatic nitrogens is 5. The van der Waals surface area contributed by atoms with E-state index in [0.717, 1.165) is 20.3 Å². The molecule has 4 aromatic heterocycles. The van der Waals surface area contributed by atoms with Crippen molar-refractivity contribution in [2.75, 3.05) is 0 Å². The maximum absolute atomic E-state index is 8.11. The number of pyridine rings is 2. The first-order valence-corrected chi connectivity index (χ1v) is 6.56. The van der Waals surface area contributed by atoms with Gasteiger partial charge in [-0.1, -0.05) is 0 Å². The fourth-order valence-electron chi connectivity index (χ4n) is 3.27. The Labute approximate surface area is 129 Å². The van der Waals surface area contributed by atoms with Crippen LogP contribution in [0, 0.1) is 0 Å². The Kier molecular flexibility index (Phi) is 1.14. The van der Waals surface area contributed by atoms with E-state index in [4.69, 9.17) is 8.22 Å². The van der Waals surface area contributed by atoms with Gasteiger partial charge in [0.25, 0.3) is 5.65 Å². The van der Waals surface area contributed by atoms with Crippen LogP contribution < -0.4 is 4.57 Å². The van der Waals surface area contributed by atoms with E-state index in [-0.39, 0.29) is 5.65 Å². The van der Waals surface area contributed by atoms with Crippen LogP contribution in [0.1, 0.15) is 13.8 Å². The average molecular weight is 282 g/mol. The van der Waals surface area contributed by atoms with Gasteiger partial charge in [-0.05, 0) is 12.1 Å². The Morgan fingerprint density at radius 2 is 2.14 bits per heavy atom. The van der Waals surface area contributed by atoms with Gasteiger partial charge in [0, 0.05) is 24.2 Å². The van der Waals surface area contributed by atoms with Gasteiger partial charge in [-0.3, -0.25) is 14.5 Å². The number of imidazole rings is 1. The van der Waals surface area contributed by atoms with Gasteiger partial charge in [-0.25, -0.2) is 9.13 Å². The minimum Gasteiger partial charge on any atom is -0.264 e. The van der Waals surface area contributed by atoms with Gasteiger partial charge in [-0.15, -0.1) is 0 Å². The quantitative estimate of drug-likeness (QED) is 0.406. The summed E-state index contributed by atoms with van der Waals surface area (Å²) in [5.41, 5.74) is 2.75. The Bertz CT molecular complexity index is 1230. The summed E-state index contributed by atoms with van der Waals surface area (Å²) in [5, 5.41) is 0.654. The standard InChI is InChI=1S/C16H14N5/c1-19-13-8-18-6-4-12(13)14-16(19)20(2)15-11-3-5-17-7-10(11)9-21(14)15/h3-8H,9H2,1-2H3/q+1/i1D3,2D3. The van der Waals surface area contributed by atoms with Gasteiger partial charge in [0.15, 0.2) is 5.52 Å². The molecule has 0 amide bonds. The second-order valence-corrected chi connectivity index (χ2v) is 5.18. The fourth-order valence-corrected chi connectivity index (χ4v) is 3.27. The first-order chi connectivity index (χ1) is 12.7. The minimum atomic E-state index is -2.56. The van der Waals surface area contributed by atoms with Gasteiger partial charge in [0.05, 0.1) is 45.9 Å². The summed E-state index contributed by atoms with van der Waals surface area (Å²) < 4.78 is 52.5. The number of rotatable bonds is 0. The van der Waals surface area contributed by atoms with Crippen LogP contribution in [0.2, 0.25) is 0 Å². The molecule has 5 heterocycles. The Morgan fingerprint density at radius 3 is 3.05 bits per heavy atom. The highest BCUT2D eigenvalue weighted by atomic mass is 15.2. The summed E-state index contributed by atoms with van der Waals surface area (Å²) in [6.45, 7) is -4.69. The molecule has 5 heteroatoms. The molecule has 102 valence electrons. The van der Waals surface area contributed by atoms with E-state index in [9.17, 15) is 0 Å². The number of hydrogen-bond acceptors (Lipinski definition) is 2. The normalized spacial score (nSPS) is 18.5. The number of hydrogen-bond donors (Lipinski definition) is 0. The van der Waals surface area contributed by atoms with Gasteiger partial charge in [-0.2, -0.15) is 0 Å². The number of nitrogens with zero attached hydrogens (tertiary/aromatic N) is 5. The van der Waals surface area contributed by atoms with Gasteiger partial charge in [0.1, 0.15) is 5.52 Å².